The minimum atomic E-state index is -3.22. The number of phenolic OH excluding ortho intramolecular Hbond substituents is 1. The standard InChI is InChI=1S/C25H29F2N3O2/c1-5-19-14-28-24(29-15-19)30(11-10-21-12-18(3)23(31)13-17(21)2)16-20-6-8-22(9-7-20)32-25(4,26)27/h6-9,12-15,31H,5,10-11,16H2,1-4H3. The molecular weight excluding hydrogens is 412 g/mol. The first-order valence-corrected chi connectivity index (χ1v) is 10.7. The molecule has 0 atom stereocenters. The van der Waals surface area contributed by atoms with Crippen molar-refractivity contribution in [1.29, 1.82) is 0 Å². The van der Waals surface area contributed by atoms with Gasteiger partial charge in [-0.2, -0.15) is 8.78 Å². The predicted octanol–water partition coefficient (Wildman–Crippen LogP) is 5.60. The van der Waals surface area contributed by atoms with Gasteiger partial charge in [-0.3, -0.25) is 0 Å². The molecule has 1 heterocycles. The number of halogens is 2. The van der Waals surface area contributed by atoms with Crippen molar-refractivity contribution < 1.29 is 18.6 Å². The molecule has 0 unspecified atom stereocenters. The maximum Gasteiger partial charge on any atom is 0.394 e. The van der Waals surface area contributed by atoms with Gasteiger partial charge in [-0.05, 0) is 72.7 Å². The average Bonchev–Trinajstić information content (AvgIpc) is 2.74. The molecule has 0 spiro atoms. The van der Waals surface area contributed by atoms with E-state index in [0.29, 0.717) is 31.7 Å². The van der Waals surface area contributed by atoms with Gasteiger partial charge in [-0.25, -0.2) is 9.97 Å². The first kappa shape index (κ1) is 23.4. The van der Waals surface area contributed by atoms with Gasteiger partial charge in [-0.15, -0.1) is 0 Å². The Morgan fingerprint density at radius 3 is 2.25 bits per heavy atom. The number of aromatic hydroxyl groups is 1. The van der Waals surface area contributed by atoms with Crippen molar-refractivity contribution in [1.82, 2.24) is 9.97 Å². The summed E-state index contributed by atoms with van der Waals surface area (Å²) in [5.41, 5.74) is 4.99. The summed E-state index contributed by atoms with van der Waals surface area (Å²) in [6, 6.07) is 10.4. The number of nitrogens with zero attached hydrogens (tertiary/aromatic N) is 3. The summed E-state index contributed by atoms with van der Waals surface area (Å²) in [5, 5.41) is 9.93. The molecule has 0 aliphatic heterocycles. The quantitative estimate of drug-likeness (QED) is 0.468. The Hall–Kier alpha value is -3.22. The van der Waals surface area contributed by atoms with E-state index < -0.39 is 6.11 Å². The zero-order valence-electron chi connectivity index (χ0n) is 18.9. The van der Waals surface area contributed by atoms with Crippen LogP contribution in [-0.2, 0) is 19.4 Å². The molecule has 0 saturated carbocycles. The highest BCUT2D eigenvalue weighted by atomic mass is 19.3. The van der Waals surface area contributed by atoms with E-state index in [1.807, 2.05) is 32.3 Å². The molecule has 5 nitrogen and oxygen atoms in total. The number of phenols is 1. The van der Waals surface area contributed by atoms with E-state index >= 15 is 0 Å². The van der Waals surface area contributed by atoms with Crippen molar-refractivity contribution in [2.24, 2.45) is 0 Å². The SMILES string of the molecule is CCc1cnc(N(CCc2cc(C)c(O)cc2C)Cc2ccc(OC(C)(F)F)cc2)nc1. The van der Waals surface area contributed by atoms with Crippen LogP contribution in [0.25, 0.3) is 0 Å². The van der Waals surface area contributed by atoms with Crippen molar-refractivity contribution in [2.75, 3.05) is 11.4 Å². The Labute approximate surface area is 187 Å². The molecule has 3 rings (SSSR count). The number of hydrogen-bond acceptors (Lipinski definition) is 5. The van der Waals surface area contributed by atoms with E-state index in [0.717, 1.165) is 40.7 Å². The van der Waals surface area contributed by atoms with Crippen LogP contribution in [0.15, 0.2) is 48.8 Å². The number of aryl methyl sites for hydroxylation is 3. The highest BCUT2D eigenvalue weighted by molar-refractivity contribution is 5.42. The van der Waals surface area contributed by atoms with E-state index in [9.17, 15) is 13.9 Å². The molecule has 0 amide bonds. The van der Waals surface area contributed by atoms with Crippen LogP contribution in [0.3, 0.4) is 0 Å². The lowest BCUT2D eigenvalue weighted by Crippen LogP contribution is -2.27. The van der Waals surface area contributed by atoms with Crippen LogP contribution in [0, 0.1) is 13.8 Å². The molecule has 2 aromatic carbocycles. The van der Waals surface area contributed by atoms with Crippen molar-refractivity contribution >= 4 is 5.95 Å². The Balaban J connectivity index is 1.80. The number of rotatable bonds is 9. The van der Waals surface area contributed by atoms with E-state index in [2.05, 4.69) is 26.5 Å². The smallest absolute Gasteiger partial charge is 0.394 e. The second kappa shape index (κ2) is 9.94. The Bertz CT molecular complexity index is 1030. The van der Waals surface area contributed by atoms with Crippen LogP contribution < -0.4 is 9.64 Å². The monoisotopic (exact) mass is 441 g/mol. The number of alkyl halides is 2. The molecular formula is C25H29F2N3O2. The zero-order chi connectivity index (χ0) is 23.3. The molecule has 32 heavy (non-hydrogen) atoms. The summed E-state index contributed by atoms with van der Waals surface area (Å²) in [6.07, 6.45) is 2.03. The maximum absolute atomic E-state index is 13.1. The van der Waals surface area contributed by atoms with Gasteiger partial charge in [0.1, 0.15) is 11.5 Å². The molecule has 0 radical (unpaired) electrons. The summed E-state index contributed by atoms with van der Waals surface area (Å²) in [4.78, 5) is 11.1. The van der Waals surface area contributed by atoms with Crippen LogP contribution in [0.2, 0.25) is 0 Å². The topological polar surface area (TPSA) is 58.5 Å². The summed E-state index contributed by atoms with van der Waals surface area (Å²) in [5.74, 6) is 1.02. The average molecular weight is 442 g/mol. The third-order valence-electron chi connectivity index (χ3n) is 5.28. The van der Waals surface area contributed by atoms with Crippen LogP contribution >= 0.6 is 0 Å². The summed E-state index contributed by atoms with van der Waals surface area (Å²) < 4.78 is 30.8. The second-order valence-corrected chi connectivity index (χ2v) is 8.04. The third kappa shape index (κ3) is 6.39. The Morgan fingerprint density at radius 1 is 1.00 bits per heavy atom. The van der Waals surface area contributed by atoms with Crippen LogP contribution in [0.4, 0.5) is 14.7 Å². The zero-order valence-corrected chi connectivity index (χ0v) is 18.9. The van der Waals surface area contributed by atoms with E-state index in [1.165, 1.54) is 0 Å². The molecule has 1 N–H and O–H groups in total. The number of hydrogen-bond donors (Lipinski definition) is 1. The molecule has 0 saturated heterocycles. The lowest BCUT2D eigenvalue weighted by atomic mass is 10.0. The molecule has 0 fully saturated rings. The first-order valence-electron chi connectivity index (χ1n) is 10.7. The van der Waals surface area contributed by atoms with Gasteiger partial charge in [0.15, 0.2) is 0 Å². The third-order valence-corrected chi connectivity index (χ3v) is 5.28. The number of anilines is 1. The summed E-state index contributed by atoms with van der Waals surface area (Å²) in [6.45, 7) is 7.80. The fraction of sp³-hybridized carbons (Fsp3) is 0.360. The van der Waals surface area contributed by atoms with Crippen LogP contribution in [0.1, 0.15) is 41.7 Å². The number of ether oxygens (including phenoxy) is 1. The molecule has 0 aliphatic carbocycles. The van der Waals surface area contributed by atoms with Gasteiger partial charge in [0.25, 0.3) is 0 Å². The molecule has 7 heteroatoms. The van der Waals surface area contributed by atoms with Gasteiger partial charge in [0.05, 0.1) is 0 Å². The summed E-state index contributed by atoms with van der Waals surface area (Å²) >= 11 is 0. The minimum absolute atomic E-state index is 0.117. The molecule has 0 aliphatic rings. The largest absolute Gasteiger partial charge is 0.508 e. The van der Waals surface area contributed by atoms with Crippen molar-refractivity contribution in [3.8, 4) is 11.5 Å². The normalized spacial score (nSPS) is 11.4. The van der Waals surface area contributed by atoms with E-state index in [-0.39, 0.29) is 5.75 Å². The molecule has 0 bridgehead atoms. The molecule has 1 aromatic heterocycles. The van der Waals surface area contributed by atoms with Gasteiger partial charge in [-0.1, -0.05) is 25.1 Å². The van der Waals surface area contributed by atoms with Gasteiger partial charge in [0, 0.05) is 32.4 Å². The van der Waals surface area contributed by atoms with Crippen LogP contribution in [-0.4, -0.2) is 27.7 Å². The van der Waals surface area contributed by atoms with Gasteiger partial charge in [0.2, 0.25) is 5.95 Å². The van der Waals surface area contributed by atoms with Crippen molar-refractivity contribution in [3.05, 3.63) is 76.6 Å². The highest BCUT2D eigenvalue weighted by Gasteiger charge is 2.23. The Kier molecular flexibility index (Phi) is 7.28. The Morgan fingerprint density at radius 2 is 1.66 bits per heavy atom. The predicted molar refractivity (Wildman–Crippen MR) is 121 cm³/mol. The fourth-order valence-electron chi connectivity index (χ4n) is 3.42. The lowest BCUT2D eigenvalue weighted by molar-refractivity contribution is -0.158. The fourth-order valence-corrected chi connectivity index (χ4v) is 3.42. The van der Waals surface area contributed by atoms with Gasteiger partial charge < -0.3 is 14.7 Å². The maximum atomic E-state index is 13.1. The van der Waals surface area contributed by atoms with Crippen molar-refractivity contribution in [2.45, 2.75) is 53.2 Å². The van der Waals surface area contributed by atoms with Crippen molar-refractivity contribution in [3.63, 3.8) is 0 Å². The van der Waals surface area contributed by atoms with Crippen LogP contribution in [0.5, 0.6) is 11.5 Å². The number of benzene rings is 2. The van der Waals surface area contributed by atoms with E-state index in [4.69, 9.17) is 0 Å². The van der Waals surface area contributed by atoms with E-state index in [1.54, 1.807) is 30.3 Å². The first-order chi connectivity index (χ1) is 15.1. The number of aromatic nitrogens is 2. The second-order valence-electron chi connectivity index (χ2n) is 8.04. The highest BCUT2D eigenvalue weighted by Crippen LogP contribution is 2.24. The van der Waals surface area contributed by atoms with Gasteiger partial charge >= 0.3 is 6.11 Å². The minimum Gasteiger partial charge on any atom is -0.508 e. The molecule has 170 valence electrons. The lowest BCUT2D eigenvalue weighted by Gasteiger charge is -2.24. The summed E-state index contributed by atoms with van der Waals surface area (Å²) in [7, 11) is 0. The molecule has 3 aromatic rings.